The molecule has 0 fully saturated rings. The molecule has 5 rings (SSSR count). The summed E-state index contributed by atoms with van der Waals surface area (Å²) in [6, 6.07) is 18.0. The Labute approximate surface area is 246 Å². The van der Waals surface area contributed by atoms with Gasteiger partial charge in [0.2, 0.25) is 5.88 Å². The number of alkyl halides is 6. The van der Waals surface area contributed by atoms with Gasteiger partial charge in [-0.05, 0) is 54.3 Å². The largest absolute Gasteiger partial charge is 0.478 e. The maximum atomic E-state index is 13.8. The monoisotopic (exact) mass is 612 g/mol. The minimum Gasteiger partial charge on any atom is -0.478 e. The lowest BCUT2D eigenvalue weighted by Crippen LogP contribution is -2.18. The maximum Gasteiger partial charge on any atom is 0.434 e. The molecule has 13 heteroatoms. The van der Waals surface area contributed by atoms with Gasteiger partial charge >= 0.3 is 18.3 Å². The van der Waals surface area contributed by atoms with Gasteiger partial charge in [-0.3, -0.25) is 0 Å². The van der Waals surface area contributed by atoms with Crippen molar-refractivity contribution in [3.63, 3.8) is 0 Å². The number of carbonyl (C=O) groups is 1. The van der Waals surface area contributed by atoms with E-state index in [1.54, 1.807) is 0 Å². The summed E-state index contributed by atoms with van der Waals surface area (Å²) in [5, 5.41) is 12.7. The van der Waals surface area contributed by atoms with E-state index in [2.05, 4.69) is 15.1 Å². The van der Waals surface area contributed by atoms with Crippen molar-refractivity contribution in [2.45, 2.75) is 32.8 Å². The second-order valence-electron chi connectivity index (χ2n) is 9.87. The summed E-state index contributed by atoms with van der Waals surface area (Å²) in [5.41, 5.74) is 0.370. The second-order valence-corrected chi connectivity index (χ2v) is 9.87. The first-order valence-corrected chi connectivity index (χ1v) is 13.0. The smallest absolute Gasteiger partial charge is 0.434 e. The number of aromatic nitrogens is 4. The standard InChI is InChI=1S/C31H22F6N4O3/c1-17-6-8-19(9-7-17)20-10-11-21(18(2)12-20)16-44-28-23(13-22(14-38-28)30(32,33)34)25-4-3-5-26(40-25)41-27(31(35,36)37)24(15-39-41)29(42)43/h3-15H,16H2,1-2H3,(H,42,43). The van der Waals surface area contributed by atoms with Gasteiger partial charge < -0.3 is 9.84 Å². The lowest BCUT2D eigenvalue weighted by atomic mass is 9.99. The molecule has 3 aromatic heterocycles. The Hall–Kier alpha value is -5.20. The highest BCUT2D eigenvalue weighted by atomic mass is 19.4. The van der Waals surface area contributed by atoms with E-state index in [0.29, 0.717) is 12.4 Å². The van der Waals surface area contributed by atoms with Crippen LogP contribution in [0.3, 0.4) is 0 Å². The van der Waals surface area contributed by atoms with Crippen LogP contribution < -0.4 is 4.74 Å². The van der Waals surface area contributed by atoms with Crippen molar-refractivity contribution >= 4 is 5.97 Å². The second kappa shape index (κ2) is 11.5. The molecule has 0 saturated carbocycles. The molecular weight excluding hydrogens is 590 g/mol. The normalized spacial score (nSPS) is 11.9. The molecule has 1 N–H and O–H groups in total. The Balaban J connectivity index is 1.51. The highest BCUT2D eigenvalue weighted by Crippen LogP contribution is 2.37. The quantitative estimate of drug-likeness (QED) is 0.188. The van der Waals surface area contributed by atoms with E-state index >= 15 is 0 Å². The van der Waals surface area contributed by atoms with Gasteiger partial charge in [-0.25, -0.2) is 19.4 Å². The zero-order valence-corrected chi connectivity index (χ0v) is 23.0. The molecule has 0 aliphatic heterocycles. The fraction of sp³-hybridized carbons (Fsp3) is 0.161. The summed E-state index contributed by atoms with van der Waals surface area (Å²) < 4.78 is 88.4. The van der Waals surface area contributed by atoms with Gasteiger partial charge in [-0.1, -0.05) is 54.1 Å². The van der Waals surface area contributed by atoms with Crippen molar-refractivity contribution in [3.8, 4) is 34.1 Å². The fourth-order valence-electron chi connectivity index (χ4n) is 4.48. The minimum atomic E-state index is -5.12. The van der Waals surface area contributed by atoms with Crippen LogP contribution in [0.5, 0.6) is 5.88 Å². The first-order chi connectivity index (χ1) is 20.7. The Morgan fingerprint density at radius 3 is 2.23 bits per heavy atom. The summed E-state index contributed by atoms with van der Waals surface area (Å²) in [4.78, 5) is 19.3. The minimum absolute atomic E-state index is 0.0790. The summed E-state index contributed by atoms with van der Waals surface area (Å²) in [6.07, 6.45) is -8.81. The van der Waals surface area contributed by atoms with Crippen LogP contribution in [0.4, 0.5) is 26.3 Å². The van der Waals surface area contributed by atoms with Crippen LogP contribution in [0.1, 0.15) is 38.3 Å². The molecule has 2 aromatic carbocycles. The molecule has 7 nitrogen and oxygen atoms in total. The average molecular weight is 613 g/mol. The van der Waals surface area contributed by atoms with Crippen LogP contribution in [-0.2, 0) is 19.0 Å². The molecular formula is C31H22F6N4O3. The number of nitrogens with zero attached hydrogens (tertiary/aromatic N) is 4. The average Bonchev–Trinajstić information content (AvgIpc) is 3.43. The van der Waals surface area contributed by atoms with Gasteiger partial charge in [-0.15, -0.1) is 0 Å². The van der Waals surface area contributed by atoms with E-state index < -0.39 is 41.0 Å². The number of aromatic carboxylic acids is 1. The number of hydrogen-bond acceptors (Lipinski definition) is 5. The molecule has 0 bridgehead atoms. The van der Waals surface area contributed by atoms with E-state index in [4.69, 9.17) is 4.74 Å². The van der Waals surface area contributed by atoms with Crippen molar-refractivity contribution in [1.29, 1.82) is 0 Å². The topological polar surface area (TPSA) is 90.1 Å². The zero-order chi connectivity index (χ0) is 31.8. The number of rotatable bonds is 7. The fourth-order valence-corrected chi connectivity index (χ4v) is 4.48. The van der Waals surface area contributed by atoms with Gasteiger partial charge in [0.25, 0.3) is 0 Å². The Bertz CT molecular complexity index is 1850. The molecule has 44 heavy (non-hydrogen) atoms. The first kappa shape index (κ1) is 30.3. The van der Waals surface area contributed by atoms with Crippen LogP contribution in [0.25, 0.3) is 28.2 Å². The third kappa shape index (κ3) is 6.26. The van der Waals surface area contributed by atoms with Crippen molar-refractivity contribution in [1.82, 2.24) is 19.7 Å². The number of pyridine rings is 2. The van der Waals surface area contributed by atoms with Crippen LogP contribution >= 0.6 is 0 Å². The number of aryl methyl sites for hydroxylation is 2. The van der Waals surface area contributed by atoms with Gasteiger partial charge in [0.15, 0.2) is 11.5 Å². The first-order valence-electron chi connectivity index (χ1n) is 13.0. The van der Waals surface area contributed by atoms with Gasteiger partial charge in [-0.2, -0.15) is 31.4 Å². The number of carboxylic acids is 1. The molecule has 0 amide bonds. The van der Waals surface area contributed by atoms with E-state index in [0.717, 1.165) is 39.9 Å². The molecule has 0 radical (unpaired) electrons. The summed E-state index contributed by atoms with van der Waals surface area (Å²) in [5.74, 6) is -2.58. The van der Waals surface area contributed by atoms with Crippen molar-refractivity contribution in [2.75, 3.05) is 0 Å². The van der Waals surface area contributed by atoms with E-state index in [-0.39, 0.29) is 28.4 Å². The molecule has 3 heterocycles. The molecule has 0 saturated heterocycles. The van der Waals surface area contributed by atoms with Gasteiger partial charge in [0, 0.05) is 6.20 Å². The lowest BCUT2D eigenvalue weighted by molar-refractivity contribution is -0.143. The molecule has 0 unspecified atom stereocenters. The highest BCUT2D eigenvalue weighted by Gasteiger charge is 2.41. The number of halogens is 6. The van der Waals surface area contributed by atoms with Crippen LogP contribution in [-0.4, -0.2) is 30.8 Å². The number of benzene rings is 2. The number of hydrogen-bond donors (Lipinski definition) is 1. The lowest BCUT2D eigenvalue weighted by Gasteiger charge is -2.16. The van der Waals surface area contributed by atoms with Crippen molar-refractivity contribution < 1.29 is 41.0 Å². The highest BCUT2D eigenvalue weighted by molar-refractivity contribution is 5.89. The summed E-state index contributed by atoms with van der Waals surface area (Å²) in [6.45, 7) is 3.76. The Kier molecular flexibility index (Phi) is 7.89. The number of carboxylic acid groups (broad SMARTS) is 1. The van der Waals surface area contributed by atoms with Crippen LogP contribution in [0.2, 0.25) is 0 Å². The van der Waals surface area contributed by atoms with Gasteiger partial charge in [0.1, 0.15) is 12.2 Å². The molecule has 226 valence electrons. The van der Waals surface area contributed by atoms with E-state index in [1.807, 2.05) is 56.3 Å². The van der Waals surface area contributed by atoms with E-state index in [1.165, 1.54) is 12.1 Å². The van der Waals surface area contributed by atoms with Gasteiger partial charge in [0.05, 0.1) is 23.0 Å². The van der Waals surface area contributed by atoms with Crippen LogP contribution in [0, 0.1) is 13.8 Å². The summed E-state index contributed by atoms with van der Waals surface area (Å²) >= 11 is 0. The summed E-state index contributed by atoms with van der Waals surface area (Å²) in [7, 11) is 0. The van der Waals surface area contributed by atoms with Crippen molar-refractivity contribution in [3.05, 3.63) is 113 Å². The Morgan fingerprint density at radius 1 is 0.886 bits per heavy atom. The SMILES string of the molecule is Cc1ccc(-c2ccc(COc3ncc(C(F)(F)F)cc3-c3cccc(-n4ncc(C(=O)O)c4C(F)(F)F)n3)c(C)c2)cc1. The zero-order valence-electron chi connectivity index (χ0n) is 23.0. The van der Waals surface area contributed by atoms with Crippen LogP contribution in [0.15, 0.2) is 79.1 Å². The molecule has 0 aliphatic carbocycles. The molecule has 0 aliphatic rings. The molecule has 0 spiro atoms. The Morgan fingerprint density at radius 2 is 1.59 bits per heavy atom. The molecule has 0 atom stereocenters. The van der Waals surface area contributed by atoms with Crippen molar-refractivity contribution in [2.24, 2.45) is 0 Å². The molecule has 5 aromatic rings. The third-order valence-electron chi connectivity index (χ3n) is 6.77. The van der Waals surface area contributed by atoms with E-state index in [9.17, 15) is 36.2 Å². The number of ether oxygens (including phenoxy) is 1. The maximum absolute atomic E-state index is 13.8. The predicted molar refractivity (Wildman–Crippen MR) is 147 cm³/mol. The third-order valence-corrected chi connectivity index (χ3v) is 6.77. The predicted octanol–water partition coefficient (Wildman–Crippen LogP) is 7.93.